The maximum absolute atomic E-state index is 11.4. The first-order chi connectivity index (χ1) is 10.8. The lowest BCUT2D eigenvalue weighted by Crippen LogP contribution is -2.45. The summed E-state index contributed by atoms with van der Waals surface area (Å²) in [6.07, 6.45) is 18.5. The van der Waals surface area contributed by atoms with Crippen LogP contribution in [0.15, 0.2) is 0 Å². The van der Waals surface area contributed by atoms with Crippen molar-refractivity contribution in [3.8, 4) is 0 Å². The van der Waals surface area contributed by atoms with Crippen LogP contribution in [0.3, 0.4) is 0 Å². The minimum atomic E-state index is -0.323. The molecule has 1 aliphatic heterocycles. The molecule has 0 aromatic heterocycles. The van der Waals surface area contributed by atoms with Crippen LogP contribution in [0.2, 0.25) is 0 Å². The molecule has 3 aliphatic rings. The summed E-state index contributed by atoms with van der Waals surface area (Å²) in [5, 5.41) is 11.4. The highest BCUT2D eigenvalue weighted by Gasteiger charge is 2.42. The normalized spacial score (nSPS) is 35.6. The van der Waals surface area contributed by atoms with Gasteiger partial charge in [-0.3, -0.25) is 0 Å². The van der Waals surface area contributed by atoms with Crippen LogP contribution in [0.25, 0.3) is 0 Å². The van der Waals surface area contributed by atoms with E-state index < -0.39 is 0 Å². The first-order valence-electron chi connectivity index (χ1n) is 10.2. The van der Waals surface area contributed by atoms with E-state index in [0.717, 1.165) is 18.8 Å². The van der Waals surface area contributed by atoms with Crippen molar-refractivity contribution in [2.24, 2.45) is 11.8 Å². The molecule has 0 aromatic rings. The van der Waals surface area contributed by atoms with Gasteiger partial charge in [-0.2, -0.15) is 0 Å². The predicted molar refractivity (Wildman–Crippen MR) is 93.0 cm³/mol. The van der Waals surface area contributed by atoms with Gasteiger partial charge in [-0.15, -0.1) is 0 Å². The van der Waals surface area contributed by atoms with Crippen LogP contribution >= 0.6 is 0 Å². The number of nitrogens with zero attached hydrogens (tertiary/aromatic N) is 1. The molecule has 22 heavy (non-hydrogen) atoms. The molecule has 1 heterocycles. The van der Waals surface area contributed by atoms with Gasteiger partial charge >= 0.3 is 0 Å². The highest BCUT2D eigenvalue weighted by molar-refractivity contribution is 4.94. The third-order valence-electron chi connectivity index (χ3n) is 6.82. The van der Waals surface area contributed by atoms with Gasteiger partial charge in [0.15, 0.2) is 0 Å². The fourth-order valence-corrected chi connectivity index (χ4v) is 5.56. The van der Waals surface area contributed by atoms with E-state index in [0.29, 0.717) is 5.92 Å². The SMILES string of the molecule is OC1(CCCN2CCCCC2)CCCCC1C1CCCCC1. The molecule has 1 saturated heterocycles. The Morgan fingerprint density at radius 2 is 1.50 bits per heavy atom. The Labute approximate surface area is 137 Å². The highest BCUT2D eigenvalue weighted by Crippen LogP contribution is 2.45. The summed E-state index contributed by atoms with van der Waals surface area (Å²) in [5.74, 6) is 1.44. The summed E-state index contributed by atoms with van der Waals surface area (Å²) in [5.41, 5.74) is -0.323. The van der Waals surface area contributed by atoms with E-state index in [1.807, 2.05) is 0 Å². The molecule has 2 heteroatoms. The maximum atomic E-state index is 11.4. The van der Waals surface area contributed by atoms with Crippen molar-refractivity contribution in [2.75, 3.05) is 19.6 Å². The van der Waals surface area contributed by atoms with Gasteiger partial charge in [0.25, 0.3) is 0 Å². The molecule has 0 bridgehead atoms. The Morgan fingerprint density at radius 1 is 0.818 bits per heavy atom. The molecular formula is C20H37NO. The summed E-state index contributed by atoms with van der Waals surface area (Å²) >= 11 is 0. The third kappa shape index (κ3) is 4.26. The van der Waals surface area contributed by atoms with Gasteiger partial charge in [-0.05, 0) is 70.0 Å². The quantitative estimate of drug-likeness (QED) is 0.792. The predicted octanol–water partition coefficient (Wildman–Crippen LogP) is 4.75. The first-order valence-corrected chi connectivity index (χ1v) is 10.2. The average Bonchev–Trinajstić information content (AvgIpc) is 2.57. The second-order valence-electron chi connectivity index (χ2n) is 8.36. The van der Waals surface area contributed by atoms with E-state index in [1.54, 1.807) is 0 Å². The van der Waals surface area contributed by atoms with Gasteiger partial charge in [-0.25, -0.2) is 0 Å². The van der Waals surface area contributed by atoms with E-state index in [4.69, 9.17) is 0 Å². The Kier molecular flexibility index (Phi) is 6.21. The number of aliphatic hydroxyl groups is 1. The average molecular weight is 308 g/mol. The lowest BCUT2D eigenvalue weighted by Gasteiger charge is -2.46. The minimum absolute atomic E-state index is 0.323. The maximum Gasteiger partial charge on any atom is 0.0679 e. The summed E-state index contributed by atoms with van der Waals surface area (Å²) in [6, 6.07) is 0. The molecular weight excluding hydrogens is 270 g/mol. The molecule has 2 atom stereocenters. The van der Waals surface area contributed by atoms with Gasteiger partial charge in [0.2, 0.25) is 0 Å². The van der Waals surface area contributed by atoms with Crippen LogP contribution < -0.4 is 0 Å². The molecule has 0 radical (unpaired) electrons. The number of likely N-dealkylation sites (tertiary alicyclic amines) is 1. The van der Waals surface area contributed by atoms with Crippen LogP contribution in [0.5, 0.6) is 0 Å². The van der Waals surface area contributed by atoms with Crippen LogP contribution in [0, 0.1) is 11.8 Å². The Hall–Kier alpha value is -0.0800. The van der Waals surface area contributed by atoms with Gasteiger partial charge in [-0.1, -0.05) is 51.4 Å². The lowest BCUT2D eigenvalue weighted by molar-refractivity contribution is -0.0849. The lowest BCUT2D eigenvalue weighted by atomic mass is 9.64. The molecule has 2 nitrogen and oxygen atoms in total. The number of hydrogen-bond acceptors (Lipinski definition) is 2. The van der Waals surface area contributed by atoms with E-state index >= 15 is 0 Å². The van der Waals surface area contributed by atoms with Gasteiger partial charge in [0, 0.05) is 0 Å². The summed E-state index contributed by atoms with van der Waals surface area (Å²) in [6.45, 7) is 3.81. The molecule has 0 aromatic carbocycles. The van der Waals surface area contributed by atoms with Crippen molar-refractivity contribution in [1.82, 2.24) is 4.90 Å². The van der Waals surface area contributed by atoms with Crippen LogP contribution in [-0.2, 0) is 0 Å². The Balaban J connectivity index is 1.51. The van der Waals surface area contributed by atoms with Crippen molar-refractivity contribution in [3.05, 3.63) is 0 Å². The topological polar surface area (TPSA) is 23.5 Å². The van der Waals surface area contributed by atoms with Crippen molar-refractivity contribution in [3.63, 3.8) is 0 Å². The number of hydrogen-bond donors (Lipinski definition) is 1. The molecule has 0 spiro atoms. The zero-order valence-electron chi connectivity index (χ0n) is 14.6. The smallest absolute Gasteiger partial charge is 0.0679 e. The van der Waals surface area contributed by atoms with E-state index in [1.165, 1.54) is 96.7 Å². The van der Waals surface area contributed by atoms with E-state index in [2.05, 4.69) is 4.90 Å². The monoisotopic (exact) mass is 307 g/mol. The molecule has 3 rings (SSSR count). The molecule has 1 N–H and O–H groups in total. The third-order valence-corrected chi connectivity index (χ3v) is 6.82. The van der Waals surface area contributed by atoms with Crippen molar-refractivity contribution in [2.45, 2.75) is 95.5 Å². The molecule has 128 valence electrons. The van der Waals surface area contributed by atoms with Gasteiger partial charge < -0.3 is 10.0 Å². The van der Waals surface area contributed by atoms with Gasteiger partial charge in [0.1, 0.15) is 0 Å². The van der Waals surface area contributed by atoms with Gasteiger partial charge in [0.05, 0.1) is 5.60 Å². The second-order valence-corrected chi connectivity index (χ2v) is 8.36. The molecule has 2 aliphatic carbocycles. The second kappa shape index (κ2) is 8.15. The van der Waals surface area contributed by atoms with E-state index in [9.17, 15) is 5.11 Å². The minimum Gasteiger partial charge on any atom is -0.390 e. The first kappa shape index (κ1) is 16.8. The Bertz CT molecular complexity index is 320. The van der Waals surface area contributed by atoms with E-state index in [-0.39, 0.29) is 5.60 Å². The number of piperidine rings is 1. The van der Waals surface area contributed by atoms with Crippen LogP contribution in [-0.4, -0.2) is 35.2 Å². The zero-order valence-corrected chi connectivity index (χ0v) is 14.6. The zero-order chi connectivity index (χ0) is 15.3. The molecule has 2 unspecified atom stereocenters. The van der Waals surface area contributed by atoms with Crippen LogP contribution in [0.4, 0.5) is 0 Å². The van der Waals surface area contributed by atoms with Crippen molar-refractivity contribution in [1.29, 1.82) is 0 Å². The van der Waals surface area contributed by atoms with Crippen molar-refractivity contribution >= 4 is 0 Å². The standard InChI is InChI=1S/C20H37NO/c22-20(14-9-17-21-15-7-2-8-16-21)13-6-5-12-19(20)18-10-3-1-4-11-18/h18-19,22H,1-17H2. The van der Waals surface area contributed by atoms with Crippen molar-refractivity contribution < 1.29 is 5.11 Å². The fraction of sp³-hybridized carbons (Fsp3) is 1.00. The molecule has 0 amide bonds. The summed E-state index contributed by atoms with van der Waals surface area (Å²) in [4.78, 5) is 2.63. The highest BCUT2D eigenvalue weighted by atomic mass is 16.3. The summed E-state index contributed by atoms with van der Waals surface area (Å²) < 4.78 is 0. The molecule has 3 fully saturated rings. The fourth-order valence-electron chi connectivity index (χ4n) is 5.56. The van der Waals surface area contributed by atoms with Crippen LogP contribution in [0.1, 0.15) is 89.9 Å². The number of rotatable bonds is 5. The Morgan fingerprint density at radius 3 is 2.27 bits per heavy atom. The summed E-state index contributed by atoms with van der Waals surface area (Å²) in [7, 11) is 0. The molecule has 2 saturated carbocycles. The largest absolute Gasteiger partial charge is 0.390 e.